The Balaban J connectivity index is 1.23. The van der Waals surface area contributed by atoms with E-state index >= 15 is 17.6 Å². The lowest BCUT2D eigenvalue weighted by Crippen LogP contribution is -2.57. The van der Waals surface area contributed by atoms with Gasteiger partial charge in [-0.25, -0.2) is 17.6 Å². The highest BCUT2D eigenvalue weighted by Crippen LogP contribution is 2.53. The number of nitrogens with zero attached hydrogens (tertiary/aromatic N) is 2. The van der Waals surface area contributed by atoms with Crippen LogP contribution in [0.1, 0.15) is 210 Å². The first kappa shape index (κ1) is 62.7. The van der Waals surface area contributed by atoms with Crippen LogP contribution in [0.25, 0.3) is 61.9 Å². The minimum atomic E-state index is -2.72. The van der Waals surface area contributed by atoms with Crippen LogP contribution in [0.5, 0.6) is 0 Å². The van der Waals surface area contributed by atoms with Crippen LogP contribution in [0, 0.1) is 46.9 Å². The topological polar surface area (TPSA) is 25.8 Å². The molecule has 0 bridgehead atoms. The van der Waals surface area contributed by atoms with E-state index in [9.17, 15) is 0 Å². The van der Waals surface area contributed by atoms with Crippen LogP contribution in [0.2, 0.25) is 24.2 Å². The summed E-state index contributed by atoms with van der Waals surface area (Å²) in [6.45, 7) is 31.9. The largest absolute Gasteiger partial charge is 0.203 e. The predicted octanol–water partition coefficient (Wildman–Crippen LogP) is 22.0. The van der Waals surface area contributed by atoms with Crippen molar-refractivity contribution in [3.63, 3.8) is 0 Å². The molecule has 0 N–H and O–H groups in total. The molecular formula is C68H92F4N2S5Si2. The number of fused-ring (bicyclic) bond motifs is 7. The predicted molar refractivity (Wildman–Crippen MR) is 356 cm³/mol. The fourth-order valence-corrected chi connectivity index (χ4v) is 35.8. The number of thiophene rings is 4. The first-order valence-electron chi connectivity index (χ1n) is 31.4. The van der Waals surface area contributed by atoms with E-state index in [4.69, 9.17) is 8.75 Å². The fraction of sp³-hybridized carbons (Fsp3) is 0.588. The van der Waals surface area contributed by atoms with Gasteiger partial charge < -0.3 is 0 Å². The van der Waals surface area contributed by atoms with Gasteiger partial charge in [-0.05, 0) is 109 Å². The van der Waals surface area contributed by atoms with Crippen LogP contribution >= 0.6 is 57.1 Å². The molecule has 13 heteroatoms. The Hall–Kier alpha value is -2.79. The molecule has 0 amide bonds. The zero-order chi connectivity index (χ0) is 58.3. The Morgan fingerprint density at radius 2 is 0.778 bits per heavy atom. The van der Waals surface area contributed by atoms with Gasteiger partial charge >= 0.3 is 0 Å². The van der Waals surface area contributed by atoms with Crippen LogP contribution in [0.3, 0.4) is 0 Å². The van der Waals surface area contributed by atoms with Gasteiger partial charge in [0.2, 0.25) is 0 Å². The van der Waals surface area contributed by atoms with Gasteiger partial charge in [-0.3, -0.25) is 0 Å². The van der Waals surface area contributed by atoms with Crippen molar-refractivity contribution in [3.05, 3.63) is 70.1 Å². The highest BCUT2D eigenvalue weighted by atomic mass is 32.1. The molecule has 0 radical (unpaired) electrons. The third-order valence-corrected chi connectivity index (χ3v) is 36.5. The zero-order valence-electron chi connectivity index (χ0n) is 51.4. The number of halogens is 4. The summed E-state index contributed by atoms with van der Waals surface area (Å²) < 4.78 is 80.6. The SMILES string of the molecule is CCCCC(CC)C[Si]1(CC(CC)CCCC)c2cc(-c3c(F)c(F)c(-c4cc5c(s4)-c4sc(C(C)(C)C)cc4[Si]5(CC(CC)CCCC)CC(CC)CCCC)c(F)c3F)sc2-c2sc(-c3ccc(C(C)(C)C)c4nsnc34)cc21. The minimum absolute atomic E-state index is 0.0735. The van der Waals surface area contributed by atoms with Crippen LogP contribution < -0.4 is 20.7 Å². The summed E-state index contributed by atoms with van der Waals surface area (Å²) >= 11 is 7.57. The van der Waals surface area contributed by atoms with E-state index in [1.807, 2.05) is 23.5 Å². The molecule has 4 unspecified atom stereocenters. The molecule has 2 nitrogen and oxygen atoms in total. The van der Waals surface area contributed by atoms with Gasteiger partial charge in [0, 0.05) is 44.6 Å². The molecule has 0 saturated carbocycles. The molecule has 440 valence electrons. The summed E-state index contributed by atoms with van der Waals surface area (Å²) in [6, 6.07) is 17.7. The van der Waals surface area contributed by atoms with Gasteiger partial charge in [-0.1, -0.05) is 212 Å². The quantitative estimate of drug-likeness (QED) is 0.0291. The molecule has 0 saturated heterocycles. The highest BCUT2D eigenvalue weighted by molar-refractivity contribution is 7.32. The van der Waals surface area contributed by atoms with Crippen molar-refractivity contribution < 1.29 is 17.6 Å². The van der Waals surface area contributed by atoms with Gasteiger partial charge in [0.05, 0.1) is 22.9 Å². The standard InChI is InChI=1S/C68H92F4N2S5Si2/c1-15-23-27-41(19-5)37-80(38-42(20-6)28-24-16-2)50-33-47(45-31-32-46(67(9,10)11)62-61(45)73-79-74-62)75-63(50)64-51(80)34-48(76-64)55-57(69)59(71)56(60(72)58(55)70)49-35-52-65(77-49)66-53(36-54(78-66)68(12,13)14)81(52,39-43(21-7)29-25-17-3)40-44(22-8)30-26-18-4/h31-36,41-44H,15-30,37-40H2,1-14H3. The van der Waals surface area contributed by atoms with Gasteiger partial charge in [0.25, 0.3) is 0 Å². The van der Waals surface area contributed by atoms with Gasteiger partial charge in [0.1, 0.15) is 27.2 Å². The van der Waals surface area contributed by atoms with Crippen LogP contribution in [0.15, 0.2) is 36.4 Å². The van der Waals surface area contributed by atoms with Crippen molar-refractivity contribution >= 4 is 105 Å². The maximum Gasteiger partial charge on any atom is 0.171 e. The summed E-state index contributed by atoms with van der Waals surface area (Å²) in [5.74, 6) is -3.15. The summed E-state index contributed by atoms with van der Waals surface area (Å²) in [5, 5.41) is 5.36. The van der Waals surface area contributed by atoms with E-state index in [0.29, 0.717) is 28.5 Å². The van der Waals surface area contributed by atoms with E-state index in [0.717, 1.165) is 150 Å². The number of hydrogen-bond donors (Lipinski definition) is 0. The second-order valence-corrected chi connectivity index (χ2v) is 39.5. The second kappa shape index (κ2) is 25.7. The van der Waals surface area contributed by atoms with E-state index in [-0.39, 0.29) is 15.7 Å². The Morgan fingerprint density at radius 3 is 1.14 bits per heavy atom. The molecule has 2 aromatic carbocycles. The van der Waals surface area contributed by atoms with Crippen molar-refractivity contribution in [3.8, 4) is 50.8 Å². The molecule has 2 aliphatic heterocycles. The molecule has 4 atom stereocenters. The first-order chi connectivity index (χ1) is 38.7. The van der Waals surface area contributed by atoms with Crippen LogP contribution in [-0.2, 0) is 10.8 Å². The van der Waals surface area contributed by atoms with E-state index in [2.05, 4.69) is 121 Å². The first-order valence-corrected chi connectivity index (χ1v) is 40.2. The van der Waals surface area contributed by atoms with E-state index in [1.165, 1.54) is 83.3 Å². The molecule has 0 aliphatic carbocycles. The van der Waals surface area contributed by atoms with Crippen molar-refractivity contribution in [1.29, 1.82) is 0 Å². The van der Waals surface area contributed by atoms with Crippen molar-refractivity contribution in [2.75, 3.05) is 0 Å². The Kier molecular flexibility index (Phi) is 19.9. The lowest BCUT2D eigenvalue weighted by Gasteiger charge is -2.36. The number of rotatable bonds is 27. The number of unbranched alkanes of at least 4 members (excludes halogenated alkanes) is 4. The third kappa shape index (κ3) is 11.8. The monoisotopic (exact) mass is 1230 g/mol. The normalized spacial score (nSPS) is 18.4. The molecule has 0 fully saturated rings. The van der Waals surface area contributed by atoms with Crippen LogP contribution in [-0.4, -0.2) is 24.9 Å². The van der Waals surface area contributed by atoms with Crippen molar-refractivity contribution in [2.45, 2.75) is 235 Å². The Morgan fingerprint density at radius 1 is 0.432 bits per heavy atom. The van der Waals surface area contributed by atoms with Gasteiger partial charge in [-0.2, -0.15) is 8.75 Å². The summed E-state index contributed by atoms with van der Waals surface area (Å²) in [5.41, 5.74) is 2.78. The fourth-order valence-electron chi connectivity index (χ4n) is 14.2. The summed E-state index contributed by atoms with van der Waals surface area (Å²) in [7, 11) is -5.30. The summed E-state index contributed by atoms with van der Waals surface area (Å²) in [6.07, 6.45) is 18.0. The Bertz CT molecular complexity index is 3240. The molecule has 2 aliphatic rings. The molecule has 9 rings (SSSR count). The zero-order valence-corrected chi connectivity index (χ0v) is 57.4. The Labute approximate surface area is 506 Å². The smallest absolute Gasteiger partial charge is 0.171 e. The number of benzene rings is 2. The average Bonchev–Trinajstić information content (AvgIpc) is 4.38. The lowest BCUT2D eigenvalue weighted by atomic mass is 9.85. The van der Waals surface area contributed by atoms with Crippen molar-refractivity contribution in [2.24, 2.45) is 23.7 Å². The van der Waals surface area contributed by atoms with Gasteiger partial charge in [-0.15, -0.1) is 45.3 Å². The molecule has 0 spiro atoms. The number of aromatic nitrogens is 2. The minimum Gasteiger partial charge on any atom is -0.203 e. The molecular weight excluding hydrogens is 1140 g/mol. The van der Waals surface area contributed by atoms with Crippen molar-refractivity contribution in [1.82, 2.24) is 8.75 Å². The third-order valence-electron chi connectivity index (χ3n) is 19.1. The second-order valence-electron chi connectivity index (χ2n) is 26.7. The molecule has 5 aromatic heterocycles. The molecule has 7 aromatic rings. The lowest BCUT2D eigenvalue weighted by molar-refractivity contribution is 0.463. The maximum absolute atomic E-state index is 17.7. The maximum atomic E-state index is 17.7. The van der Waals surface area contributed by atoms with Crippen LogP contribution in [0.4, 0.5) is 17.6 Å². The highest BCUT2D eigenvalue weighted by Gasteiger charge is 2.53. The molecule has 7 heterocycles. The van der Waals surface area contributed by atoms with Gasteiger partial charge in [0.15, 0.2) is 23.3 Å². The van der Waals surface area contributed by atoms with E-state index < -0.39 is 50.5 Å². The summed E-state index contributed by atoms with van der Waals surface area (Å²) in [4.78, 5) is 7.57. The van der Waals surface area contributed by atoms with E-state index in [1.54, 1.807) is 11.3 Å². The molecule has 81 heavy (non-hydrogen) atoms. The number of hydrogen-bond acceptors (Lipinski definition) is 7. The average molecular weight is 1230 g/mol.